The van der Waals surface area contributed by atoms with Crippen LogP contribution in [-0.2, 0) is 19.1 Å². The van der Waals surface area contributed by atoms with E-state index in [4.69, 9.17) is 18.3 Å². The molecule has 61 heavy (non-hydrogen) atoms. The number of furan rings is 2. The van der Waals surface area contributed by atoms with E-state index in [-0.39, 0.29) is 17.9 Å². The molecule has 1 unspecified atom stereocenters. The molecule has 5 fully saturated rings. The number of aromatic nitrogens is 2. The molecule has 5 aliphatic rings. The maximum Gasteiger partial charge on any atom is 0.222 e. The molecule has 1 atom stereocenters. The van der Waals surface area contributed by atoms with Crippen LogP contribution in [0.1, 0.15) is 84.0 Å². The second-order valence-corrected chi connectivity index (χ2v) is 17.9. The Hall–Kier alpha value is -4.24. The van der Waals surface area contributed by atoms with Crippen LogP contribution in [0.25, 0.3) is 21.9 Å². The van der Waals surface area contributed by atoms with E-state index in [0.29, 0.717) is 44.7 Å². The first kappa shape index (κ1) is 43.4. The van der Waals surface area contributed by atoms with Crippen LogP contribution in [-0.4, -0.2) is 135 Å². The number of nitrogens with zero attached hydrogens (tertiary/aromatic N) is 6. The Morgan fingerprint density at radius 3 is 1.59 bits per heavy atom. The number of amides is 2. The first-order chi connectivity index (χ1) is 30.0. The normalized spacial score (nSPS) is 25.6. The van der Waals surface area contributed by atoms with E-state index in [0.717, 1.165) is 130 Å². The van der Waals surface area contributed by atoms with Gasteiger partial charge in [0.1, 0.15) is 0 Å². The molecule has 4 aromatic heterocycles. The van der Waals surface area contributed by atoms with Gasteiger partial charge in [0.05, 0.1) is 44.9 Å². The van der Waals surface area contributed by atoms with Crippen molar-refractivity contribution in [1.82, 2.24) is 30.4 Å². The van der Waals surface area contributed by atoms with Crippen molar-refractivity contribution in [3.05, 3.63) is 49.2 Å². The van der Waals surface area contributed by atoms with Crippen molar-refractivity contribution in [3.8, 4) is 0 Å². The lowest BCUT2D eigenvalue weighted by atomic mass is 9.84. The van der Waals surface area contributed by atoms with Gasteiger partial charge in [-0.05, 0) is 113 Å². The lowest BCUT2D eigenvalue weighted by molar-refractivity contribution is -0.132. The zero-order chi connectivity index (χ0) is 41.8. The molecule has 7 heterocycles. The van der Waals surface area contributed by atoms with Crippen LogP contribution in [0.15, 0.2) is 58.0 Å². The standard InChI is InChI=1S/C25H36N4O4.C22H32N4O2/c30-23(17-22-18-31-15-16-32-22)27-21-3-1-19(2-4-21)6-9-28-10-12-29(13-11-28)25-24-20(5-8-26-25)7-14-33-24;1-2-20(27)24-19-5-3-17(4-6-19)8-11-25-12-14-26(15-13-25)22-21-18(7-10-23-22)9-16-28-21/h5,7-8,14,19,21-22H,1-4,6,9-13,15-18H2,(H,27,30);7,9-10,16-17,19H,2-6,8,11-15H2,1H3,(H,24,27). The fourth-order valence-electron chi connectivity index (χ4n) is 9.97. The van der Waals surface area contributed by atoms with Crippen LogP contribution in [0.5, 0.6) is 0 Å². The minimum atomic E-state index is -0.0849. The minimum Gasteiger partial charge on any atom is -0.460 e. The number of carbonyl (C=O) groups is 2. The van der Waals surface area contributed by atoms with E-state index in [1.54, 1.807) is 12.5 Å². The fraction of sp³-hybridized carbons (Fsp3) is 0.660. The summed E-state index contributed by atoms with van der Waals surface area (Å²) in [5, 5.41) is 8.62. The van der Waals surface area contributed by atoms with Crippen LogP contribution in [0.4, 0.5) is 11.6 Å². The summed E-state index contributed by atoms with van der Waals surface area (Å²) in [5.74, 6) is 3.83. The Kier molecular flexibility index (Phi) is 15.4. The number of hydrogen-bond donors (Lipinski definition) is 2. The Morgan fingerprint density at radius 2 is 1.13 bits per heavy atom. The summed E-state index contributed by atoms with van der Waals surface area (Å²) in [4.78, 5) is 42.9. The average molecular weight is 841 g/mol. The van der Waals surface area contributed by atoms with E-state index in [9.17, 15) is 9.59 Å². The molecule has 14 nitrogen and oxygen atoms in total. The number of anilines is 2. The summed E-state index contributed by atoms with van der Waals surface area (Å²) in [7, 11) is 0. The van der Waals surface area contributed by atoms with Crippen LogP contribution in [0, 0.1) is 11.8 Å². The van der Waals surface area contributed by atoms with Gasteiger partial charge in [-0.2, -0.15) is 0 Å². The van der Waals surface area contributed by atoms with Crippen LogP contribution in [0.2, 0.25) is 0 Å². The molecular weight excluding hydrogens is 773 g/mol. The smallest absolute Gasteiger partial charge is 0.222 e. The van der Waals surface area contributed by atoms with Gasteiger partial charge in [-0.1, -0.05) is 6.92 Å². The zero-order valence-corrected chi connectivity index (χ0v) is 36.3. The van der Waals surface area contributed by atoms with Crippen molar-refractivity contribution < 1.29 is 27.9 Å². The predicted octanol–water partition coefficient (Wildman–Crippen LogP) is 6.25. The molecule has 14 heteroatoms. The third-order valence-electron chi connectivity index (χ3n) is 13.8. The van der Waals surface area contributed by atoms with Gasteiger partial charge in [0.15, 0.2) is 22.8 Å². The molecule has 2 aliphatic carbocycles. The van der Waals surface area contributed by atoms with Crippen molar-refractivity contribution in [3.63, 3.8) is 0 Å². The lowest BCUT2D eigenvalue weighted by Gasteiger charge is -2.36. The molecule has 0 spiro atoms. The number of nitrogens with one attached hydrogen (secondary N) is 2. The van der Waals surface area contributed by atoms with Crippen molar-refractivity contribution >= 4 is 45.4 Å². The van der Waals surface area contributed by atoms with Crippen LogP contribution in [0.3, 0.4) is 0 Å². The van der Waals surface area contributed by atoms with Gasteiger partial charge in [-0.3, -0.25) is 19.4 Å². The molecular formula is C47H68N8O6. The molecule has 4 aromatic rings. The molecule has 0 bridgehead atoms. The predicted molar refractivity (Wildman–Crippen MR) is 238 cm³/mol. The van der Waals surface area contributed by atoms with Gasteiger partial charge >= 0.3 is 0 Å². The molecule has 9 rings (SSSR count). The second-order valence-electron chi connectivity index (χ2n) is 17.9. The van der Waals surface area contributed by atoms with Gasteiger partial charge < -0.3 is 38.7 Å². The quantitative estimate of drug-likeness (QED) is 0.157. The number of fused-ring (bicyclic) bond motifs is 2. The minimum absolute atomic E-state index is 0.0849. The summed E-state index contributed by atoms with van der Waals surface area (Å²) in [6.07, 6.45) is 20.1. The Bertz CT molecular complexity index is 1950. The molecule has 3 aliphatic heterocycles. The van der Waals surface area contributed by atoms with E-state index in [1.807, 2.05) is 43.6 Å². The SMILES string of the molecule is CCC(=O)NC1CCC(CCN2CCN(c3nccc4ccoc34)CC2)CC1.O=C(CC1COCCO1)NC1CCC(CCN2CCN(c3nccc4ccoc34)CC2)CC1. The second kappa shape index (κ2) is 21.7. The third-order valence-corrected chi connectivity index (χ3v) is 13.8. The van der Waals surface area contributed by atoms with Gasteiger partial charge in [0.2, 0.25) is 11.8 Å². The van der Waals surface area contributed by atoms with Gasteiger partial charge in [0.25, 0.3) is 0 Å². The number of pyridine rings is 2. The van der Waals surface area contributed by atoms with Crippen molar-refractivity contribution in [2.75, 3.05) is 95.1 Å². The van der Waals surface area contributed by atoms with Crippen molar-refractivity contribution in [1.29, 1.82) is 0 Å². The molecule has 2 amide bonds. The summed E-state index contributed by atoms with van der Waals surface area (Å²) < 4.78 is 22.3. The maximum absolute atomic E-state index is 12.3. The van der Waals surface area contributed by atoms with Crippen LogP contribution < -0.4 is 20.4 Å². The molecule has 0 aromatic carbocycles. The summed E-state index contributed by atoms with van der Waals surface area (Å²) in [6, 6.07) is 8.72. The Balaban J connectivity index is 0.000000171. The van der Waals surface area contributed by atoms with Crippen LogP contribution >= 0.6 is 0 Å². The molecule has 2 saturated carbocycles. The fourth-order valence-corrected chi connectivity index (χ4v) is 9.97. The van der Waals surface area contributed by atoms with E-state index >= 15 is 0 Å². The van der Waals surface area contributed by atoms with E-state index in [1.165, 1.54) is 45.1 Å². The average Bonchev–Trinajstić information content (AvgIpc) is 4.00. The van der Waals surface area contributed by atoms with Gasteiger partial charge in [0, 0.05) is 94.0 Å². The van der Waals surface area contributed by atoms with Gasteiger partial charge in [-0.15, -0.1) is 0 Å². The highest BCUT2D eigenvalue weighted by Gasteiger charge is 2.28. The highest BCUT2D eigenvalue weighted by molar-refractivity contribution is 5.87. The Morgan fingerprint density at radius 1 is 0.639 bits per heavy atom. The number of hydrogen-bond acceptors (Lipinski definition) is 12. The molecule has 2 N–H and O–H groups in total. The number of rotatable bonds is 13. The molecule has 3 saturated heterocycles. The number of ether oxygens (including phenoxy) is 2. The first-order valence-electron chi connectivity index (χ1n) is 23.3. The largest absolute Gasteiger partial charge is 0.460 e. The zero-order valence-electron chi connectivity index (χ0n) is 36.3. The van der Waals surface area contributed by atoms with E-state index < -0.39 is 0 Å². The topological polar surface area (TPSA) is 142 Å². The van der Waals surface area contributed by atoms with Crippen molar-refractivity contribution in [2.24, 2.45) is 11.8 Å². The summed E-state index contributed by atoms with van der Waals surface area (Å²) >= 11 is 0. The number of carbonyl (C=O) groups excluding carboxylic acids is 2. The van der Waals surface area contributed by atoms with Gasteiger partial charge in [-0.25, -0.2) is 9.97 Å². The van der Waals surface area contributed by atoms with E-state index in [2.05, 4.69) is 40.2 Å². The Labute approximate surface area is 361 Å². The first-order valence-corrected chi connectivity index (χ1v) is 23.3. The highest BCUT2D eigenvalue weighted by atomic mass is 16.6. The maximum atomic E-state index is 12.3. The lowest BCUT2D eigenvalue weighted by Crippen LogP contribution is -2.47. The van der Waals surface area contributed by atoms with Crippen molar-refractivity contribution in [2.45, 2.75) is 102 Å². The molecule has 0 radical (unpaired) electrons. The monoisotopic (exact) mass is 841 g/mol. The summed E-state index contributed by atoms with van der Waals surface area (Å²) in [6.45, 7) is 14.3. The third kappa shape index (κ3) is 12.0. The molecule has 332 valence electrons. The number of piperazine rings is 2. The summed E-state index contributed by atoms with van der Waals surface area (Å²) in [5.41, 5.74) is 1.80. The highest BCUT2D eigenvalue weighted by Crippen LogP contribution is 2.31.